The molecule has 0 saturated heterocycles. The first-order valence-electron chi connectivity index (χ1n) is 4.65. The van der Waals surface area contributed by atoms with Gasteiger partial charge in [-0.2, -0.15) is 0 Å². The van der Waals surface area contributed by atoms with Crippen LogP contribution < -0.4 is 11.1 Å². The van der Waals surface area contributed by atoms with E-state index in [1.807, 2.05) is 0 Å². The highest BCUT2D eigenvalue weighted by molar-refractivity contribution is 5.90. The Labute approximate surface area is 87.8 Å². The van der Waals surface area contributed by atoms with Gasteiger partial charge in [-0.1, -0.05) is 13.8 Å². The summed E-state index contributed by atoms with van der Waals surface area (Å²) < 4.78 is 0. The molecule has 0 aromatic heterocycles. The maximum Gasteiger partial charge on any atom is 0.303 e. The highest BCUT2D eigenvalue weighted by Crippen LogP contribution is 1.97. The van der Waals surface area contributed by atoms with Crippen molar-refractivity contribution in [3.8, 4) is 0 Å². The van der Waals surface area contributed by atoms with Crippen LogP contribution >= 0.6 is 0 Å². The number of nitrogens with two attached hydrogens (primary N) is 1. The van der Waals surface area contributed by atoms with Crippen LogP contribution in [0.3, 0.4) is 0 Å². The second-order valence-electron chi connectivity index (χ2n) is 3.50. The molecule has 6 nitrogen and oxygen atoms in total. The minimum atomic E-state index is -1.06. The zero-order valence-electron chi connectivity index (χ0n) is 8.82. The maximum absolute atomic E-state index is 11.3. The van der Waals surface area contributed by atoms with Gasteiger partial charge in [-0.15, -0.1) is 0 Å². The molecule has 0 radical (unpaired) electrons. The van der Waals surface area contributed by atoms with E-state index in [9.17, 15) is 14.4 Å². The predicted molar refractivity (Wildman–Crippen MR) is 52.8 cm³/mol. The van der Waals surface area contributed by atoms with E-state index in [1.54, 1.807) is 13.8 Å². The molecule has 4 N–H and O–H groups in total. The number of carboxylic acid groups (broad SMARTS) is 1. The fourth-order valence-electron chi connectivity index (χ4n) is 0.896. The molecule has 15 heavy (non-hydrogen) atoms. The fraction of sp³-hybridized carbons (Fsp3) is 0.667. The van der Waals surface area contributed by atoms with Crippen LogP contribution in [0, 0.1) is 5.92 Å². The molecule has 6 heteroatoms. The minimum Gasteiger partial charge on any atom is -0.481 e. The Morgan fingerprint density at radius 3 is 2.20 bits per heavy atom. The average Bonchev–Trinajstić information content (AvgIpc) is 2.13. The standard InChI is InChI=1S/C9H16N2O4/c1-5(2)8(15)9(10)11-6(12)3-4-7(13)14/h5,9H,3-4,10H2,1-2H3,(H,11,12)(H,13,14). The molecule has 0 aromatic carbocycles. The number of hydrogen-bond acceptors (Lipinski definition) is 4. The van der Waals surface area contributed by atoms with Crippen LogP contribution in [0.1, 0.15) is 26.7 Å². The molecule has 0 aliphatic carbocycles. The highest BCUT2D eigenvalue weighted by Gasteiger charge is 2.18. The molecule has 0 aliphatic rings. The molecule has 0 rings (SSSR count). The van der Waals surface area contributed by atoms with Crippen LogP contribution in [0.5, 0.6) is 0 Å². The minimum absolute atomic E-state index is 0.172. The summed E-state index contributed by atoms with van der Waals surface area (Å²) in [4.78, 5) is 32.5. The number of amides is 1. The number of Topliss-reactive ketones (excluding diaryl/α,β-unsaturated/α-hetero) is 1. The van der Waals surface area contributed by atoms with E-state index in [4.69, 9.17) is 10.8 Å². The zero-order chi connectivity index (χ0) is 12.0. The molecule has 1 amide bonds. The number of carboxylic acids is 1. The molecule has 0 saturated carbocycles. The smallest absolute Gasteiger partial charge is 0.303 e. The summed E-state index contributed by atoms with van der Waals surface area (Å²) >= 11 is 0. The molecule has 86 valence electrons. The molecule has 0 fully saturated rings. The molecule has 0 aromatic rings. The number of carbonyl (C=O) groups is 3. The van der Waals surface area contributed by atoms with Crippen LogP contribution in [0.15, 0.2) is 0 Å². The van der Waals surface area contributed by atoms with E-state index in [0.717, 1.165) is 0 Å². The summed E-state index contributed by atoms with van der Waals surface area (Å²) in [6.07, 6.45) is -1.49. The van der Waals surface area contributed by atoms with Gasteiger partial charge in [0.1, 0.15) is 6.17 Å². The number of hydrogen-bond donors (Lipinski definition) is 3. The van der Waals surface area contributed by atoms with Gasteiger partial charge in [-0.3, -0.25) is 14.4 Å². The van der Waals surface area contributed by atoms with Crippen molar-refractivity contribution in [3.05, 3.63) is 0 Å². The number of carbonyl (C=O) groups excluding carboxylic acids is 2. The number of aliphatic carboxylic acids is 1. The van der Waals surface area contributed by atoms with Gasteiger partial charge < -0.3 is 16.2 Å². The lowest BCUT2D eigenvalue weighted by molar-refractivity contribution is -0.139. The van der Waals surface area contributed by atoms with Crippen LogP contribution in [0.2, 0.25) is 0 Å². The number of ketones is 1. The second kappa shape index (κ2) is 6.13. The van der Waals surface area contributed by atoms with E-state index < -0.39 is 18.0 Å². The lowest BCUT2D eigenvalue weighted by Gasteiger charge is -2.14. The zero-order valence-corrected chi connectivity index (χ0v) is 8.82. The number of nitrogens with one attached hydrogen (secondary N) is 1. The van der Waals surface area contributed by atoms with E-state index in [2.05, 4.69) is 5.32 Å². The van der Waals surface area contributed by atoms with Crippen molar-refractivity contribution in [3.63, 3.8) is 0 Å². The van der Waals surface area contributed by atoms with E-state index in [1.165, 1.54) is 0 Å². The maximum atomic E-state index is 11.3. The Morgan fingerprint density at radius 1 is 1.27 bits per heavy atom. The third kappa shape index (κ3) is 5.79. The Balaban J connectivity index is 3.96. The molecular formula is C9H16N2O4. The van der Waals surface area contributed by atoms with Gasteiger partial charge >= 0.3 is 5.97 Å². The van der Waals surface area contributed by atoms with Gasteiger partial charge in [0, 0.05) is 12.3 Å². The Hall–Kier alpha value is -1.43. The van der Waals surface area contributed by atoms with E-state index >= 15 is 0 Å². The van der Waals surface area contributed by atoms with Crippen molar-refractivity contribution in [1.29, 1.82) is 0 Å². The average molecular weight is 216 g/mol. The summed E-state index contributed by atoms with van der Waals surface area (Å²) in [5, 5.41) is 10.6. The first-order valence-corrected chi connectivity index (χ1v) is 4.65. The van der Waals surface area contributed by atoms with Crippen LogP contribution in [0.25, 0.3) is 0 Å². The molecule has 1 atom stereocenters. The normalized spacial score (nSPS) is 12.3. The Morgan fingerprint density at radius 2 is 1.80 bits per heavy atom. The second-order valence-corrected chi connectivity index (χ2v) is 3.50. The van der Waals surface area contributed by atoms with Gasteiger partial charge in [-0.25, -0.2) is 0 Å². The first kappa shape index (κ1) is 13.6. The van der Waals surface area contributed by atoms with Crippen LogP contribution in [-0.2, 0) is 14.4 Å². The highest BCUT2D eigenvalue weighted by atomic mass is 16.4. The van der Waals surface area contributed by atoms with Crippen LogP contribution in [0.4, 0.5) is 0 Å². The quantitative estimate of drug-likeness (QED) is 0.517. The first-order chi connectivity index (χ1) is 6.84. The third-order valence-electron chi connectivity index (χ3n) is 1.76. The molecular weight excluding hydrogens is 200 g/mol. The van der Waals surface area contributed by atoms with Gasteiger partial charge in [-0.05, 0) is 0 Å². The number of rotatable bonds is 6. The summed E-state index contributed by atoms with van der Waals surface area (Å²) in [7, 11) is 0. The van der Waals surface area contributed by atoms with Gasteiger partial charge in [0.05, 0.1) is 6.42 Å². The lowest BCUT2D eigenvalue weighted by atomic mass is 10.1. The van der Waals surface area contributed by atoms with Gasteiger partial charge in [0.2, 0.25) is 5.91 Å². The summed E-state index contributed by atoms with van der Waals surface area (Å²) in [5.74, 6) is -2.13. The lowest BCUT2D eigenvalue weighted by Crippen LogP contribution is -2.49. The Bertz CT molecular complexity index is 263. The van der Waals surface area contributed by atoms with E-state index in [-0.39, 0.29) is 24.5 Å². The topological polar surface area (TPSA) is 109 Å². The van der Waals surface area contributed by atoms with Crippen molar-refractivity contribution in [2.45, 2.75) is 32.9 Å². The molecule has 0 heterocycles. The largest absolute Gasteiger partial charge is 0.481 e. The van der Waals surface area contributed by atoms with Crippen molar-refractivity contribution >= 4 is 17.7 Å². The van der Waals surface area contributed by atoms with Crippen LogP contribution in [-0.4, -0.2) is 28.9 Å². The van der Waals surface area contributed by atoms with E-state index in [0.29, 0.717) is 0 Å². The SMILES string of the molecule is CC(C)C(=O)C(N)NC(=O)CCC(=O)O. The molecule has 1 unspecified atom stereocenters. The summed E-state index contributed by atoms with van der Waals surface area (Å²) in [6.45, 7) is 3.34. The third-order valence-corrected chi connectivity index (χ3v) is 1.76. The predicted octanol–water partition coefficient (Wildman–Crippen LogP) is -0.523. The van der Waals surface area contributed by atoms with Crippen molar-refractivity contribution in [2.75, 3.05) is 0 Å². The molecule has 0 spiro atoms. The summed E-state index contributed by atoms with van der Waals surface area (Å²) in [6, 6.07) is 0. The Kier molecular flexibility index (Phi) is 5.54. The summed E-state index contributed by atoms with van der Waals surface area (Å²) in [5.41, 5.74) is 5.40. The fourth-order valence-corrected chi connectivity index (χ4v) is 0.896. The molecule has 0 aliphatic heterocycles. The van der Waals surface area contributed by atoms with Gasteiger partial charge in [0.25, 0.3) is 0 Å². The van der Waals surface area contributed by atoms with Crippen molar-refractivity contribution in [1.82, 2.24) is 5.32 Å². The van der Waals surface area contributed by atoms with Gasteiger partial charge in [0.15, 0.2) is 5.78 Å². The monoisotopic (exact) mass is 216 g/mol. The molecule has 0 bridgehead atoms. The van der Waals surface area contributed by atoms with Crippen molar-refractivity contribution in [2.24, 2.45) is 11.7 Å². The van der Waals surface area contributed by atoms with Crippen molar-refractivity contribution < 1.29 is 19.5 Å².